The summed E-state index contributed by atoms with van der Waals surface area (Å²) >= 11 is 0. The maximum Gasteiger partial charge on any atom is 0.264 e. The Kier molecular flexibility index (Phi) is 8.54. The lowest BCUT2D eigenvalue weighted by Gasteiger charge is -2.22. The Morgan fingerprint density at radius 1 is 0.857 bits per heavy atom. The summed E-state index contributed by atoms with van der Waals surface area (Å²) in [4.78, 5) is 0. The van der Waals surface area contributed by atoms with Crippen LogP contribution in [-0.4, -0.2) is 57.5 Å². The molecular weight excluding hydrogens is 494 g/mol. The highest BCUT2D eigenvalue weighted by Gasteiger charge is 2.28. The zero-order valence-electron chi connectivity index (χ0n) is 20.0. The van der Waals surface area contributed by atoms with E-state index in [4.69, 9.17) is 13.7 Å². The topological polar surface area (TPSA) is 117 Å². The molecule has 0 aliphatic rings. The molecule has 1 aromatic heterocycles. The summed E-state index contributed by atoms with van der Waals surface area (Å²) in [5.74, 6) is 1.34. The number of nitrogens with zero attached hydrogens (tertiary/aromatic N) is 3. The van der Waals surface area contributed by atoms with Crippen molar-refractivity contribution in [2.45, 2.75) is 37.7 Å². The number of rotatable bonds is 12. The van der Waals surface area contributed by atoms with Crippen LogP contribution in [0.1, 0.15) is 18.1 Å². The van der Waals surface area contributed by atoms with Gasteiger partial charge in [0.15, 0.2) is 5.03 Å². The summed E-state index contributed by atoms with van der Waals surface area (Å²) < 4.78 is 67.8. The summed E-state index contributed by atoms with van der Waals surface area (Å²) in [6.07, 6.45) is 1.72. The maximum atomic E-state index is 13.6. The number of benzene rings is 2. The second-order valence-electron chi connectivity index (χ2n) is 7.96. The fourth-order valence-electron chi connectivity index (χ4n) is 3.40. The lowest BCUT2D eigenvalue weighted by molar-refractivity contribution is 0.202. The molecule has 0 unspecified atom stereocenters. The van der Waals surface area contributed by atoms with E-state index in [1.54, 1.807) is 69.7 Å². The van der Waals surface area contributed by atoms with E-state index in [1.165, 1.54) is 21.3 Å². The minimum Gasteiger partial charge on any atom is -0.497 e. The Morgan fingerprint density at radius 2 is 1.34 bits per heavy atom. The van der Waals surface area contributed by atoms with E-state index in [1.807, 2.05) is 0 Å². The minimum atomic E-state index is -4.00. The lowest BCUT2D eigenvalue weighted by Crippen LogP contribution is -2.31. The zero-order valence-corrected chi connectivity index (χ0v) is 21.6. The van der Waals surface area contributed by atoms with Gasteiger partial charge in [0.2, 0.25) is 0 Å². The molecule has 3 aromatic rings. The monoisotopic (exact) mass is 523 g/mol. The fraction of sp³-hybridized carbons (Fsp3) is 0.348. The van der Waals surface area contributed by atoms with E-state index in [0.717, 1.165) is 17.4 Å². The molecule has 0 saturated carbocycles. The third-order valence-electron chi connectivity index (χ3n) is 5.04. The van der Waals surface area contributed by atoms with E-state index in [9.17, 15) is 16.8 Å². The van der Waals surface area contributed by atoms with Gasteiger partial charge in [0, 0.05) is 19.3 Å². The number of sulfonamides is 1. The summed E-state index contributed by atoms with van der Waals surface area (Å²) in [7, 11) is -4.52. The second-order valence-corrected chi connectivity index (χ2v) is 11.4. The molecule has 2 aromatic carbocycles. The van der Waals surface area contributed by atoms with Crippen molar-refractivity contribution in [3.8, 4) is 11.5 Å². The first-order valence-corrected chi connectivity index (χ1v) is 13.9. The van der Waals surface area contributed by atoms with Gasteiger partial charge in [-0.2, -0.15) is 17.8 Å². The summed E-state index contributed by atoms with van der Waals surface area (Å²) in [6.45, 7) is 1.85. The molecular formula is C23H29N3O7S2. The van der Waals surface area contributed by atoms with Gasteiger partial charge in [0.25, 0.3) is 20.1 Å². The summed E-state index contributed by atoms with van der Waals surface area (Å²) in [5.41, 5.74) is 1.55. The van der Waals surface area contributed by atoms with Gasteiger partial charge in [-0.3, -0.25) is 8.86 Å². The summed E-state index contributed by atoms with van der Waals surface area (Å²) in [6, 6.07) is 15.7. The Balaban J connectivity index is 1.87. The van der Waals surface area contributed by atoms with Crippen molar-refractivity contribution in [2.24, 2.45) is 0 Å². The molecule has 0 aliphatic carbocycles. The fourth-order valence-corrected chi connectivity index (χ4v) is 5.40. The summed E-state index contributed by atoms with van der Waals surface area (Å²) in [5, 5.41) is 4.04. The third kappa shape index (κ3) is 7.52. The standard InChI is InChI=1S/C23H29N3O7S2/c1-18(33-34(4,27)28)15-25-14-13-23(24-25)35(29,30)26(16-19-5-9-21(31-2)10-6-19)17-20-7-11-22(32-3)12-8-20/h5-14,18H,15-17H2,1-4H3/t18-/m1/s1. The molecule has 0 radical (unpaired) electrons. The molecule has 0 aliphatic heterocycles. The van der Waals surface area contributed by atoms with E-state index >= 15 is 0 Å². The van der Waals surface area contributed by atoms with Crippen LogP contribution >= 0.6 is 0 Å². The largest absolute Gasteiger partial charge is 0.497 e. The van der Waals surface area contributed by atoms with Crippen LogP contribution in [-0.2, 0) is 44.0 Å². The maximum absolute atomic E-state index is 13.6. The van der Waals surface area contributed by atoms with Crippen LogP contribution in [0.2, 0.25) is 0 Å². The molecule has 0 N–H and O–H groups in total. The Hall–Kier alpha value is -2.93. The predicted octanol–water partition coefficient (Wildman–Crippen LogP) is 2.66. The molecule has 0 saturated heterocycles. The lowest BCUT2D eigenvalue weighted by atomic mass is 10.2. The average Bonchev–Trinajstić information content (AvgIpc) is 3.27. The van der Waals surface area contributed by atoms with Crippen molar-refractivity contribution >= 4 is 20.1 Å². The average molecular weight is 524 g/mol. The Morgan fingerprint density at radius 3 is 1.77 bits per heavy atom. The molecule has 190 valence electrons. The minimum absolute atomic E-state index is 0.0690. The number of methoxy groups -OCH3 is 2. The highest BCUT2D eigenvalue weighted by atomic mass is 32.2. The van der Waals surface area contributed by atoms with Crippen molar-refractivity contribution in [3.63, 3.8) is 0 Å². The van der Waals surface area contributed by atoms with E-state index in [-0.39, 0.29) is 24.7 Å². The molecule has 35 heavy (non-hydrogen) atoms. The highest BCUT2D eigenvalue weighted by Crippen LogP contribution is 2.22. The zero-order chi connectivity index (χ0) is 25.6. The van der Waals surface area contributed by atoms with Gasteiger partial charge in [0.1, 0.15) is 11.5 Å². The normalized spacial score (nSPS) is 13.1. The van der Waals surface area contributed by atoms with Crippen LogP contribution in [0.4, 0.5) is 0 Å². The molecule has 0 bridgehead atoms. The molecule has 0 amide bonds. The van der Waals surface area contributed by atoms with Gasteiger partial charge in [-0.05, 0) is 48.4 Å². The van der Waals surface area contributed by atoms with Crippen LogP contribution in [0, 0.1) is 0 Å². The van der Waals surface area contributed by atoms with Gasteiger partial charge in [-0.25, -0.2) is 8.42 Å². The molecule has 10 nitrogen and oxygen atoms in total. The van der Waals surface area contributed by atoms with Crippen molar-refractivity contribution in [3.05, 3.63) is 71.9 Å². The molecule has 1 atom stereocenters. The van der Waals surface area contributed by atoms with Gasteiger partial charge in [0.05, 0.1) is 33.1 Å². The number of aromatic nitrogens is 2. The third-order valence-corrected chi connectivity index (χ3v) is 7.40. The number of hydrogen-bond donors (Lipinski definition) is 0. The van der Waals surface area contributed by atoms with Crippen LogP contribution in [0.15, 0.2) is 65.8 Å². The molecule has 3 rings (SSSR count). The van der Waals surface area contributed by atoms with Gasteiger partial charge in [-0.15, -0.1) is 0 Å². The molecule has 1 heterocycles. The number of ether oxygens (including phenoxy) is 2. The van der Waals surface area contributed by atoms with Crippen molar-refractivity contribution in [1.82, 2.24) is 14.1 Å². The van der Waals surface area contributed by atoms with Crippen molar-refractivity contribution in [1.29, 1.82) is 0 Å². The van der Waals surface area contributed by atoms with E-state index < -0.39 is 26.2 Å². The van der Waals surface area contributed by atoms with Crippen LogP contribution < -0.4 is 9.47 Å². The first-order valence-electron chi connectivity index (χ1n) is 10.7. The van der Waals surface area contributed by atoms with E-state index in [0.29, 0.717) is 11.5 Å². The van der Waals surface area contributed by atoms with E-state index in [2.05, 4.69) is 5.10 Å². The van der Waals surface area contributed by atoms with Crippen LogP contribution in [0.3, 0.4) is 0 Å². The predicted molar refractivity (Wildman–Crippen MR) is 130 cm³/mol. The van der Waals surface area contributed by atoms with Crippen LogP contribution in [0.25, 0.3) is 0 Å². The van der Waals surface area contributed by atoms with Crippen molar-refractivity contribution < 1.29 is 30.5 Å². The second kappa shape index (κ2) is 11.2. The number of hydrogen-bond acceptors (Lipinski definition) is 8. The molecule has 0 spiro atoms. The quantitative estimate of drug-likeness (QED) is 0.333. The molecule has 12 heteroatoms. The highest BCUT2D eigenvalue weighted by molar-refractivity contribution is 7.89. The Labute approximate surface area is 206 Å². The van der Waals surface area contributed by atoms with Gasteiger partial charge < -0.3 is 9.47 Å². The molecule has 0 fully saturated rings. The Bertz CT molecular complexity index is 1270. The smallest absolute Gasteiger partial charge is 0.264 e. The van der Waals surface area contributed by atoms with Gasteiger partial charge >= 0.3 is 0 Å². The first kappa shape index (κ1) is 26.7. The first-order chi connectivity index (χ1) is 16.5. The SMILES string of the molecule is COc1ccc(CN(Cc2ccc(OC)cc2)S(=O)(=O)c2ccn(C[C@@H](C)OS(C)(=O)=O)n2)cc1. The van der Waals surface area contributed by atoms with Crippen LogP contribution in [0.5, 0.6) is 11.5 Å². The van der Waals surface area contributed by atoms with Crippen molar-refractivity contribution in [2.75, 3.05) is 20.5 Å². The van der Waals surface area contributed by atoms with Gasteiger partial charge in [-0.1, -0.05) is 24.3 Å².